The molecule has 0 aromatic carbocycles. The maximum absolute atomic E-state index is 12.0. The number of carbonyl (C=O) groups is 1. The topological polar surface area (TPSA) is 54.0 Å². The minimum atomic E-state index is -0.362. The van der Waals surface area contributed by atoms with Crippen molar-refractivity contribution in [2.75, 3.05) is 13.1 Å². The smallest absolute Gasteiger partial charge is 0.220 e. The second-order valence-electron chi connectivity index (χ2n) is 5.74. The highest BCUT2D eigenvalue weighted by atomic mass is 32.1. The fourth-order valence-electron chi connectivity index (χ4n) is 2.50. The van der Waals surface area contributed by atoms with Crippen LogP contribution in [0.3, 0.4) is 0 Å². The van der Waals surface area contributed by atoms with Crippen LogP contribution in [0.25, 0.3) is 0 Å². The first-order valence-corrected chi connectivity index (χ1v) is 7.87. The lowest BCUT2D eigenvalue weighted by Crippen LogP contribution is -2.41. The van der Waals surface area contributed by atoms with Crippen molar-refractivity contribution in [2.45, 2.75) is 45.1 Å². The van der Waals surface area contributed by atoms with Gasteiger partial charge in [-0.1, -0.05) is 0 Å². The molecule has 1 aliphatic rings. The number of hydrogen-bond acceptors (Lipinski definition) is 4. The predicted octanol–water partition coefficient (Wildman–Crippen LogP) is 2.27. The molecule has 0 aliphatic carbocycles. The van der Waals surface area contributed by atoms with Crippen molar-refractivity contribution in [3.8, 4) is 0 Å². The predicted molar refractivity (Wildman–Crippen MR) is 78.1 cm³/mol. The van der Waals surface area contributed by atoms with Crippen LogP contribution in [0.15, 0.2) is 11.6 Å². The Kier molecular flexibility index (Phi) is 4.93. The molecule has 19 heavy (non-hydrogen) atoms. The molecule has 1 saturated heterocycles. The molecule has 0 radical (unpaired) electrons. The van der Waals surface area contributed by atoms with E-state index >= 15 is 0 Å². The lowest BCUT2D eigenvalue weighted by molar-refractivity contribution is -0.123. The van der Waals surface area contributed by atoms with Crippen LogP contribution in [-0.4, -0.2) is 24.0 Å². The van der Waals surface area contributed by atoms with Crippen LogP contribution in [0.4, 0.5) is 0 Å². The third-order valence-electron chi connectivity index (χ3n) is 3.66. The second kappa shape index (κ2) is 6.48. The molecule has 2 rings (SSSR count). The minimum absolute atomic E-state index is 0.138. The standard InChI is InChI=1S/C14H23N3OS/c1-14(2,13-16-9-10-19-13)17-12(18)4-3-11-5-7-15-8-6-11/h9-11,15H,3-8H2,1-2H3,(H,17,18). The van der Waals surface area contributed by atoms with Gasteiger partial charge in [0.2, 0.25) is 5.91 Å². The fourth-order valence-corrected chi connectivity index (χ4v) is 3.22. The van der Waals surface area contributed by atoms with Crippen LogP contribution in [0.1, 0.15) is 44.5 Å². The van der Waals surface area contributed by atoms with Crippen molar-refractivity contribution >= 4 is 17.2 Å². The number of aromatic nitrogens is 1. The summed E-state index contributed by atoms with van der Waals surface area (Å²) in [4.78, 5) is 16.3. The monoisotopic (exact) mass is 281 g/mol. The Morgan fingerprint density at radius 3 is 2.89 bits per heavy atom. The van der Waals surface area contributed by atoms with Gasteiger partial charge in [-0.2, -0.15) is 0 Å². The van der Waals surface area contributed by atoms with E-state index < -0.39 is 0 Å². The van der Waals surface area contributed by atoms with Crippen LogP contribution in [0.5, 0.6) is 0 Å². The number of rotatable bonds is 5. The zero-order valence-corrected chi connectivity index (χ0v) is 12.6. The Bertz CT molecular complexity index is 397. The maximum atomic E-state index is 12.0. The Labute approximate surface area is 119 Å². The van der Waals surface area contributed by atoms with Gasteiger partial charge in [-0.3, -0.25) is 4.79 Å². The highest BCUT2D eigenvalue weighted by Gasteiger charge is 2.25. The molecule has 1 aromatic rings. The van der Waals surface area contributed by atoms with E-state index in [4.69, 9.17) is 0 Å². The van der Waals surface area contributed by atoms with Crippen LogP contribution in [0.2, 0.25) is 0 Å². The lowest BCUT2D eigenvalue weighted by Gasteiger charge is -2.25. The van der Waals surface area contributed by atoms with Gasteiger partial charge >= 0.3 is 0 Å². The lowest BCUT2D eigenvalue weighted by atomic mass is 9.93. The average Bonchev–Trinajstić information content (AvgIpc) is 2.92. The first-order chi connectivity index (χ1) is 9.08. The van der Waals surface area contributed by atoms with Crippen molar-refractivity contribution in [3.63, 3.8) is 0 Å². The highest BCUT2D eigenvalue weighted by molar-refractivity contribution is 7.09. The van der Waals surface area contributed by atoms with Gasteiger partial charge < -0.3 is 10.6 Å². The maximum Gasteiger partial charge on any atom is 0.220 e. The molecule has 2 heterocycles. The van der Waals surface area contributed by atoms with Gasteiger partial charge in [0.1, 0.15) is 5.01 Å². The summed E-state index contributed by atoms with van der Waals surface area (Å²) < 4.78 is 0. The Morgan fingerprint density at radius 2 is 2.26 bits per heavy atom. The van der Waals surface area contributed by atoms with Gasteiger partial charge in [-0.25, -0.2) is 4.98 Å². The quantitative estimate of drug-likeness (QED) is 0.870. The molecule has 0 saturated carbocycles. The van der Waals surface area contributed by atoms with E-state index in [2.05, 4.69) is 15.6 Å². The Morgan fingerprint density at radius 1 is 1.53 bits per heavy atom. The van der Waals surface area contributed by atoms with E-state index in [0.717, 1.165) is 24.5 Å². The number of piperidine rings is 1. The van der Waals surface area contributed by atoms with E-state index in [1.54, 1.807) is 17.5 Å². The summed E-state index contributed by atoms with van der Waals surface area (Å²) in [5, 5.41) is 9.35. The van der Waals surface area contributed by atoms with Gasteiger partial charge in [-0.15, -0.1) is 11.3 Å². The largest absolute Gasteiger partial charge is 0.345 e. The molecule has 1 aliphatic heterocycles. The molecular weight excluding hydrogens is 258 g/mol. The zero-order chi connectivity index (χ0) is 13.7. The first-order valence-electron chi connectivity index (χ1n) is 6.99. The van der Waals surface area contributed by atoms with Gasteiger partial charge in [0, 0.05) is 18.0 Å². The van der Waals surface area contributed by atoms with Crippen LogP contribution >= 0.6 is 11.3 Å². The molecule has 0 spiro atoms. The molecule has 1 aromatic heterocycles. The number of nitrogens with one attached hydrogen (secondary N) is 2. The number of thiazole rings is 1. The summed E-state index contributed by atoms with van der Waals surface area (Å²) in [5.41, 5.74) is -0.362. The highest BCUT2D eigenvalue weighted by Crippen LogP contribution is 2.23. The Hall–Kier alpha value is -0.940. The van der Waals surface area contributed by atoms with E-state index in [1.807, 2.05) is 19.2 Å². The van der Waals surface area contributed by atoms with E-state index in [-0.39, 0.29) is 11.4 Å². The number of hydrogen-bond donors (Lipinski definition) is 2. The van der Waals surface area contributed by atoms with Gasteiger partial charge in [0.25, 0.3) is 0 Å². The average molecular weight is 281 g/mol. The van der Waals surface area contributed by atoms with Crippen LogP contribution < -0.4 is 10.6 Å². The molecule has 0 bridgehead atoms. The molecule has 0 atom stereocenters. The first kappa shape index (κ1) is 14.5. The fraction of sp³-hybridized carbons (Fsp3) is 0.714. The van der Waals surface area contributed by atoms with Crippen molar-refractivity contribution in [1.82, 2.24) is 15.6 Å². The summed E-state index contributed by atoms with van der Waals surface area (Å²) in [5.74, 6) is 0.841. The second-order valence-corrected chi connectivity index (χ2v) is 6.64. The van der Waals surface area contributed by atoms with Crippen molar-refractivity contribution in [3.05, 3.63) is 16.6 Å². The summed E-state index contributed by atoms with van der Waals surface area (Å²) in [6.45, 7) is 6.20. The summed E-state index contributed by atoms with van der Waals surface area (Å²) in [6.07, 6.45) is 5.80. The third kappa shape index (κ3) is 4.28. The molecule has 106 valence electrons. The molecule has 1 amide bonds. The van der Waals surface area contributed by atoms with Crippen LogP contribution in [0, 0.1) is 5.92 Å². The normalized spacial score (nSPS) is 17.4. The van der Waals surface area contributed by atoms with Crippen molar-refractivity contribution < 1.29 is 4.79 Å². The van der Waals surface area contributed by atoms with E-state index in [1.165, 1.54) is 12.8 Å². The molecular formula is C14H23N3OS. The molecule has 0 unspecified atom stereocenters. The minimum Gasteiger partial charge on any atom is -0.345 e. The van der Waals surface area contributed by atoms with E-state index in [0.29, 0.717) is 12.3 Å². The Balaban J connectivity index is 1.77. The van der Waals surface area contributed by atoms with Crippen LogP contribution in [-0.2, 0) is 10.3 Å². The third-order valence-corrected chi connectivity index (χ3v) is 4.75. The molecule has 1 fully saturated rings. The number of carbonyl (C=O) groups excluding carboxylic acids is 1. The van der Waals surface area contributed by atoms with Crippen molar-refractivity contribution in [2.24, 2.45) is 5.92 Å². The van der Waals surface area contributed by atoms with E-state index in [9.17, 15) is 4.79 Å². The van der Waals surface area contributed by atoms with Gasteiger partial charge in [0.15, 0.2) is 0 Å². The number of nitrogens with zero attached hydrogens (tertiary/aromatic N) is 1. The summed E-state index contributed by atoms with van der Waals surface area (Å²) >= 11 is 1.58. The molecule has 2 N–H and O–H groups in total. The SMILES string of the molecule is CC(C)(NC(=O)CCC1CCNCC1)c1nccs1. The van der Waals surface area contributed by atoms with Gasteiger partial charge in [0.05, 0.1) is 5.54 Å². The zero-order valence-electron chi connectivity index (χ0n) is 11.7. The summed E-state index contributed by atoms with van der Waals surface area (Å²) in [7, 11) is 0. The number of amides is 1. The summed E-state index contributed by atoms with van der Waals surface area (Å²) in [6, 6.07) is 0. The molecule has 5 heteroatoms. The molecule has 4 nitrogen and oxygen atoms in total. The van der Waals surface area contributed by atoms with Crippen molar-refractivity contribution in [1.29, 1.82) is 0 Å². The van der Waals surface area contributed by atoms with Gasteiger partial charge in [-0.05, 0) is 52.1 Å².